The lowest BCUT2D eigenvalue weighted by Gasteiger charge is -2.36. The van der Waals surface area contributed by atoms with E-state index in [1.165, 1.54) is 11.1 Å². The first-order valence-electron chi connectivity index (χ1n) is 11.7. The van der Waals surface area contributed by atoms with Gasteiger partial charge in [0, 0.05) is 44.8 Å². The molecular formula is C28H29N3O2. The van der Waals surface area contributed by atoms with Crippen LogP contribution in [-0.2, 0) is 4.79 Å². The van der Waals surface area contributed by atoms with E-state index < -0.39 is 0 Å². The standard InChI is InChI=1S/C28H29N3O2/c32-27(30-15-13-23(14-16-30)22-7-2-1-3-8-22)21-29-17-19-31(20-18-29)28(33)26-12-6-10-24-9-4-5-11-25(24)26/h1-13H,14-21H2. The highest BCUT2D eigenvalue weighted by molar-refractivity contribution is 6.07. The molecule has 0 aromatic heterocycles. The molecular weight excluding hydrogens is 410 g/mol. The van der Waals surface area contributed by atoms with Crippen LogP contribution in [0.3, 0.4) is 0 Å². The monoisotopic (exact) mass is 439 g/mol. The molecule has 3 aromatic rings. The van der Waals surface area contributed by atoms with Crippen molar-refractivity contribution in [3.63, 3.8) is 0 Å². The molecule has 2 heterocycles. The van der Waals surface area contributed by atoms with Crippen molar-refractivity contribution >= 4 is 28.2 Å². The molecule has 5 heteroatoms. The van der Waals surface area contributed by atoms with Gasteiger partial charge in [-0.15, -0.1) is 0 Å². The summed E-state index contributed by atoms with van der Waals surface area (Å²) in [5.41, 5.74) is 3.32. The van der Waals surface area contributed by atoms with E-state index in [-0.39, 0.29) is 11.8 Å². The van der Waals surface area contributed by atoms with Gasteiger partial charge in [-0.1, -0.05) is 72.8 Å². The molecule has 0 aliphatic carbocycles. The van der Waals surface area contributed by atoms with Crippen LogP contribution in [-0.4, -0.2) is 72.3 Å². The van der Waals surface area contributed by atoms with E-state index in [9.17, 15) is 9.59 Å². The zero-order valence-corrected chi connectivity index (χ0v) is 18.8. The van der Waals surface area contributed by atoms with Gasteiger partial charge >= 0.3 is 0 Å². The van der Waals surface area contributed by atoms with Crippen LogP contribution in [0.1, 0.15) is 22.3 Å². The van der Waals surface area contributed by atoms with Crippen molar-refractivity contribution < 1.29 is 9.59 Å². The summed E-state index contributed by atoms with van der Waals surface area (Å²) in [5, 5.41) is 2.08. The van der Waals surface area contributed by atoms with Gasteiger partial charge < -0.3 is 9.80 Å². The summed E-state index contributed by atoms with van der Waals surface area (Å²) in [7, 11) is 0. The Morgan fingerprint density at radius 3 is 2.21 bits per heavy atom. The van der Waals surface area contributed by atoms with E-state index in [1.54, 1.807) is 0 Å². The molecule has 0 spiro atoms. The highest BCUT2D eigenvalue weighted by Crippen LogP contribution is 2.23. The Labute approximate surface area is 194 Å². The van der Waals surface area contributed by atoms with Gasteiger partial charge in [0.1, 0.15) is 0 Å². The van der Waals surface area contributed by atoms with Gasteiger partial charge in [0.15, 0.2) is 0 Å². The second-order valence-corrected chi connectivity index (χ2v) is 8.78. The molecule has 3 aromatic carbocycles. The topological polar surface area (TPSA) is 43.9 Å². The van der Waals surface area contributed by atoms with E-state index in [0.29, 0.717) is 26.2 Å². The number of carbonyl (C=O) groups excluding carboxylic acids is 2. The lowest BCUT2D eigenvalue weighted by Crippen LogP contribution is -2.51. The molecule has 168 valence electrons. The summed E-state index contributed by atoms with van der Waals surface area (Å²) in [5.74, 6) is 0.250. The van der Waals surface area contributed by atoms with Crippen molar-refractivity contribution in [1.29, 1.82) is 0 Å². The quantitative estimate of drug-likeness (QED) is 0.619. The van der Waals surface area contributed by atoms with E-state index in [0.717, 1.165) is 42.4 Å². The van der Waals surface area contributed by atoms with Crippen molar-refractivity contribution in [3.8, 4) is 0 Å². The number of hydrogen-bond acceptors (Lipinski definition) is 3. The fourth-order valence-corrected chi connectivity index (χ4v) is 4.79. The fourth-order valence-electron chi connectivity index (χ4n) is 4.79. The van der Waals surface area contributed by atoms with Crippen LogP contribution in [0.5, 0.6) is 0 Å². The zero-order valence-electron chi connectivity index (χ0n) is 18.8. The molecule has 1 saturated heterocycles. The van der Waals surface area contributed by atoms with Crippen LogP contribution in [0.15, 0.2) is 78.9 Å². The lowest BCUT2D eigenvalue weighted by molar-refractivity contribution is -0.132. The minimum Gasteiger partial charge on any atom is -0.338 e. The largest absolute Gasteiger partial charge is 0.338 e. The molecule has 0 saturated carbocycles. The minimum absolute atomic E-state index is 0.0763. The van der Waals surface area contributed by atoms with Crippen molar-refractivity contribution in [3.05, 3.63) is 90.0 Å². The SMILES string of the molecule is O=C(CN1CCN(C(=O)c2cccc3ccccc23)CC1)N1CC=C(c2ccccc2)CC1. The van der Waals surface area contributed by atoms with E-state index >= 15 is 0 Å². The molecule has 1 fully saturated rings. The first kappa shape index (κ1) is 21.4. The van der Waals surface area contributed by atoms with Crippen LogP contribution < -0.4 is 0 Å². The zero-order chi connectivity index (χ0) is 22.6. The van der Waals surface area contributed by atoms with Crippen molar-refractivity contribution in [2.45, 2.75) is 6.42 Å². The van der Waals surface area contributed by atoms with Crippen LogP contribution >= 0.6 is 0 Å². The van der Waals surface area contributed by atoms with Crippen LogP contribution in [0.2, 0.25) is 0 Å². The fraction of sp³-hybridized carbons (Fsp3) is 0.286. The average molecular weight is 440 g/mol. The summed E-state index contributed by atoms with van der Waals surface area (Å²) in [6.45, 7) is 4.59. The maximum Gasteiger partial charge on any atom is 0.254 e. The van der Waals surface area contributed by atoms with Crippen LogP contribution in [0.25, 0.3) is 16.3 Å². The molecule has 0 bridgehead atoms. The van der Waals surface area contributed by atoms with Crippen LogP contribution in [0.4, 0.5) is 0 Å². The van der Waals surface area contributed by atoms with Gasteiger partial charge in [-0.2, -0.15) is 0 Å². The van der Waals surface area contributed by atoms with E-state index in [2.05, 4.69) is 35.2 Å². The highest BCUT2D eigenvalue weighted by atomic mass is 16.2. The lowest BCUT2D eigenvalue weighted by atomic mass is 9.99. The Bertz CT molecular complexity index is 1170. The molecule has 0 radical (unpaired) electrons. The number of carbonyl (C=O) groups is 2. The maximum absolute atomic E-state index is 13.2. The Kier molecular flexibility index (Phi) is 6.22. The Hall–Kier alpha value is -3.44. The molecule has 2 amide bonds. The van der Waals surface area contributed by atoms with Gasteiger partial charge in [-0.3, -0.25) is 14.5 Å². The number of amides is 2. The molecule has 2 aliphatic rings. The number of rotatable bonds is 4. The van der Waals surface area contributed by atoms with Crippen molar-refractivity contribution in [2.75, 3.05) is 45.8 Å². The third kappa shape index (κ3) is 4.69. The number of nitrogens with zero attached hydrogens (tertiary/aromatic N) is 3. The summed E-state index contributed by atoms with van der Waals surface area (Å²) >= 11 is 0. The summed E-state index contributed by atoms with van der Waals surface area (Å²) in [6.07, 6.45) is 3.07. The normalized spacial score (nSPS) is 17.2. The Morgan fingerprint density at radius 2 is 1.45 bits per heavy atom. The number of fused-ring (bicyclic) bond motifs is 1. The van der Waals surface area contributed by atoms with Crippen molar-refractivity contribution in [1.82, 2.24) is 14.7 Å². The first-order chi connectivity index (χ1) is 16.2. The van der Waals surface area contributed by atoms with Gasteiger partial charge in [-0.05, 0) is 34.4 Å². The summed E-state index contributed by atoms with van der Waals surface area (Å²) in [6, 6.07) is 24.3. The van der Waals surface area contributed by atoms with Gasteiger partial charge in [0.05, 0.1) is 6.54 Å². The molecule has 0 unspecified atom stereocenters. The number of hydrogen-bond donors (Lipinski definition) is 0. The third-order valence-corrected chi connectivity index (χ3v) is 6.74. The highest BCUT2D eigenvalue weighted by Gasteiger charge is 2.26. The molecule has 5 rings (SSSR count). The Morgan fingerprint density at radius 1 is 0.727 bits per heavy atom. The predicted molar refractivity (Wildman–Crippen MR) is 132 cm³/mol. The Balaban J connectivity index is 1.15. The molecule has 33 heavy (non-hydrogen) atoms. The van der Waals surface area contributed by atoms with E-state index in [1.807, 2.05) is 58.3 Å². The third-order valence-electron chi connectivity index (χ3n) is 6.74. The second-order valence-electron chi connectivity index (χ2n) is 8.78. The summed E-state index contributed by atoms with van der Waals surface area (Å²) in [4.78, 5) is 32.1. The summed E-state index contributed by atoms with van der Waals surface area (Å²) < 4.78 is 0. The molecule has 5 nitrogen and oxygen atoms in total. The molecule has 0 N–H and O–H groups in total. The van der Waals surface area contributed by atoms with Crippen LogP contribution in [0, 0.1) is 0 Å². The van der Waals surface area contributed by atoms with Gasteiger partial charge in [0.25, 0.3) is 5.91 Å². The predicted octanol–water partition coefficient (Wildman–Crippen LogP) is 3.91. The molecule has 0 atom stereocenters. The second kappa shape index (κ2) is 9.59. The maximum atomic E-state index is 13.2. The average Bonchev–Trinajstić information content (AvgIpc) is 2.89. The smallest absolute Gasteiger partial charge is 0.254 e. The van der Waals surface area contributed by atoms with E-state index in [4.69, 9.17) is 0 Å². The van der Waals surface area contributed by atoms with Crippen molar-refractivity contribution in [2.24, 2.45) is 0 Å². The number of benzene rings is 3. The van der Waals surface area contributed by atoms with Gasteiger partial charge in [-0.25, -0.2) is 0 Å². The minimum atomic E-state index is 0.0763. The van der Waals surface area contributed by atoms with Gasteiger partial charge in [0.2, 0.25) is 5.91 Å². The molecule has 2 aliphatic heterocycles. The first-order valence-corrected chi connectivity index (χ1v) is 11.7. The number of piperazine rings is 1.